The van der Waals surface area contributed by atoms with Crippen molar-refractivity contribution in [3.8, 4) is 0 Å². The molecule has 104 valence electrons. The fourth-order valence-corrected chi connectivity index (χ4v) is 2.04. The highest BCUT2D eigenvalue weighted by Gasteiger charge is 2.48. The number of amides is 1. The number of methoxy groups -OCH3 is 1. The third-order valence-corrected chi connectivity index (χ3v) is 3.20. The van der Waals surface area contributed by atoms with Crippen LogP contribution in [0.2, 0.25) is 0 Å². The first-order valence-electron chi connectivity index (χ1n) is 6.11. The maximum Gasteiger partial charge on any atom is 0.307 e. The summed E-state index contributed by atoms with van der Waals surface area (Å²) in [6.07, 6.45) is 0.401. The highest BCUT2D eigenvalue weighted by Crippen LogP contribution is 2.39. The van der Waals surface area contributed by atoms with E-state index in [0.29, 0.717) is 12.2 Å². The normalized spacial score (nSPS) is 22.8. The van der Waals surface area contributed by atoms with Gasteiger partial charge >= 0.3 is 5.97 Å². The highest BCUT2D eigenvalue weighted by molar-refractivity contribution is 5.89. The third kappa shape index (κ3) is 3.14. The third-order valence-electron chi connectivity index (χ3n) is 3.20. The Morgan fingerprint density at radius 2 is 2.26 bits per heavy atom. The Bertz CT molecular complexity index is 481. The number of hydrogen-bond acceptors (Lipinski definition) is 4. The summed E-state index contributed by atoms with van der Waals surface area (Å²) in [5.74, 6) is -0.810. The summed E-state index contributed by atoms with van der Waals surface area (Å²) >= 11 is 0. The molecule has 6 heteroatoms. The molecule has 0 aromatic carbocycles. The molecule has 2 N–H and O–H groups in total. The number of carboxylic acid groups (broad SMARTS) is 1. The summed E-state index contributed by atoms with van der Waals surface area (Å²) in [6, 6.07) is 3.20. The maximum atomic E-state index is 11.9. The van der Waals surface area contributed by atoms with Crippen LogP contribution in [0.15, 0.2) is 16.5 Å². The number of hydrogen-bond donors (Lipinski definition) is 2. The Hall–Kier alpha value is -1.82. The average molecular weight is 267 g/mol. The molecule has 1 aromatic heterocycles. The predicted octanol–water partition coefficient (Wildman–Crippen LogP) is 1.11. The van der Waals surface area contributed by atoms with E-state index in [4.69, 9.17) is 14.3 Å². The zero-order chi connectivity index (χ0) is 14.0. The van der Waals surface area contributed by atoms with Crippen LogP contribution in [0.4, 0.5) is 0 Å². The van der Waals surface area contributed by atoms with Crippen molar-refractivity contribution in [3.63, 3.8) is 0 Å². The Morgan fingerprint density at radius 1 is 1.53 bits per heavy atom. The first-order valence-corrected chi connectivity index (χ1v) is 6.11. The van der Waals surface area contributed by atoms with Crippen LogP contribution in [-0.2, 0) is 14.3 Å². The predicted molar refractivity (Wildman–Crippen MR) is 65.4 cm³/mol. The van der Waals surface area contributed by atoms with Gasteiger partial charge in [0.05, 0.1) is 18.4 Å². The second-order valence-corrected chi connectivity index (χ2v) is 4.75. The lowest BCUT2D eigenvalue weighted by Crippen LogP contribution is -2.33. The Balaban J connectivity index is 1.98. The first kappa shape index (κ1) is 13.6. The van der Waals surface area contributed by atoms with E-state index >= 15 is 0 Å². The van der Waals surface area contributed by atoms with Gasteiger partial charge in [-0.05, 0) is 25.5 Å². The van der Waals surface area contributed by atoms with Crippen LogP contribution in [0.25, 0.3) is 0 Å². The lowest BCUT2D eigenvalue weighted by Gasteiger charge is -2.15. The van der Waals surface area contributed by atoms with Gasteiger partial charge in [-0.1, -0.05) is 0 Å². The fraction of sp³-hybridized carbons (Fsp3) is 0.538. The molecule has 3 atom stereocenters. The highest BCUT2D eigenvalue weighted by atomic mass is 16.5. The molecule has 1 aromatic rings. The van der Waals surface area contributed by atoms with Gasteiger partial charge in [0.15, 0.2) is 0 Å². The van der Waals surface area contributed by atoms with Gasteiger partial charge in [-0.15, -0.1) is 0 Å². The second kappa shape index (κ2) is 5.44. The molecule has 1 fully saturated rings. The number of carbonyl (C=O) groups excluding carboxylic acids is 1. The number of aliphatic carboxylic acids is 1. The Kier molecular flexibility index (Phi) is 3.90. The summed E-state index contributed by atoms with van der Waals surface area (Å²) in [4.78, 5) is 22.7. The number of carboxylic acids is 1. The van der Waals surface area contributed by atoms with E-state index in [1.807, 2.05) is 6.92 Å². The number of rotatable bonds is 6. The van der Waals surface area contributed by atoms with Gasteiger partial charge in [0.25, 0.3) is 0 Å². The van der Waals surface area contributed by atoms with E-state index in [1.165, 1.54) is 7.11 Å². The average Bonchev–Trinajstić information content (AvgIpc) is 3.05. The second-order valence-electron chi connectivity index (χ2n) is 4.75. The van der Waals surface area contributed by atoms with Gasteiger partial charge in [-0.2, -0.15) is 0 Å². The first-order chi connectivity index (χ1) is 9.02. The molecule has 6 nitrogen and oxygen atoms in total. The van der Waals surface area contributed by atoms with Crippen molar-refractivity contribution in [2.45, 2.75) is 19.4 Å². The minimum atomic E-state index is -0.919. The molecule has 1 aliphatic rings. The smallest absolute Gasteiger partial charge is 0.307 e. The van der Waals surface area contributed by atoms with Crippen LogP contribution in [0.3, 0.4) is 0 Å². The van der Waals surface area contributed by atoms with Crippen molar-refractivity contribution in [1.82, 2.24) is 5.32 Å². The molecule has 1 aliphatic carbocycles. The van der Waals surface area contributed by atoms with Crippen LogP contribution in [-0.4, -0.2) is 30.7 Å². The summed E-state index contributed by atoms with van der Waals surface area (Å²) in [5.41, 5.74) is 0. The lowest BCUT2D eigenvalue weighted by atomic mass is 10.2. The molecule has 0 aliphatic heterocycles. The van der Waals surface area contributed by atoms with E-state index in [2.05, 4.69) is 5.32 Å². The monoisotopic (exact) mass is 267 g/mol. The van der Waals surface area contributed by atoms with E-state index in [0.717, 1.165) is 5.76 Å². The summed E-state index contributed by atoms with van der Waals surface area (Å²) in [5, 5.41) is 11.6. The number of aryl methyl sites for hydroxylation is 1. The van der Waals surface area contributed by atoms with Gasteiger partial charge in [0, 0.05) is 7.11 Å². The quantitative estimate of drug-likeness (QED) is 0.806. The van der Waals surface area contributed by atoms with Gasteiger partial charge in [0.1, 0.15) is 17.6 Å². The van der Waals surface area contributed by atoms with E-state index in [9.17, 15) is 9.59 Å². The van der Waals surface area contributed by atoms with Crippen LogP contribution in [0.5, 0.6) is 0 Å². The molecular weight excluding hydrogens is 250 g/mol. The summed E-state index contributed by atoms with van der Waals surface area (Å²) in [6.45, 7) is 2.10. The summed E-state index contributed by atoms with van der Waals surface area (Å²) in [7, 11) is 1.53. The topological polar surface area (TPSA) is 88.8 Å². The number of nitrogens with one attached hydrogen (secondary N) is 1. The number of ether oxygens (including phenoxy) is 1. The van der Waals surface area contributed by atoms with E-state index in [1.54, 1.807) is 12.1 Å². The Morgan fingerprint density at radius 3 is 2.74 bits per heavy atom. The molecule has 2 rings (SSSR count). The number of carbonyl (C=O) groups is 2. The van der Waals surface area contributed by atoms with Crippen LogP contribution in [0.1, 0.15) is 24.0 Å². The van der Waals surface area contributed by atoms with Crippen molar-refractivity contribution >= 4 is 11.9 Å². The summed E-state index contributed by atoms with van der Waals surface area (Å²) < 4.78 is 10.5. The molecule has 0 bridgehead atoms. The van der Waals surface area contributed by atoms with Gasteiger partial charge in [-0.25, -0.2) is 0 Å². The maximum absolute atomic E-state index is 11.9. The zero-order valence-corrected chi connectivity index (χ0v) is 10.9. The lowest BCUT2D eigenvalue weighted by molar-refractivity contribution is -0.140. The Labute approximate surface area is 110 Å². The van der Waals surface area contributed by atoms with Gasteiger partial charge in [0.2, 0.25) is 5.91 Å². The zero-order valence-electron chi connectivity index (χ0n) is 10.9. The SMILES string of the molecule is COCC(NC(=O)C1CC1C(=O)O)c1ccc(C)o1. The van der Waals surface area contributed by atoms with Crippen molar-refractivity contribution in [2.75, 3.05) is 13.7 Å². The molecule has 0 saturated heterocycles. The van der Waals surface area contributed by atoms with E-state index < -0.39 is 17.8 Å². The van der Waals surface area contributed by atoms with E-state index in [-0.39, 0.29) is 18.6 Å². The molecule has 1 amide bonds. The minimum absolute atomic E-state index is 0.261. The molecule has 3 unspecified atom stereocenters. The van der Waals surface area contributed by atoms with Crippen molar-refractivity contribution < 1.29 is 23.8 Å². The van der Waals surface area contributed by atoms with Crippen LogP contribution < -0.4 is 5.32 Å². The van der Waals surface area contributed by atoms with Crippen LogP contribution >= 0.6 is 0 Å². The van der Waals surface area contributed by atoms with Crippen molar-refractivity contribution in [1.29, 1.82) is 0 Å². The molecule has 1 heterocycles. The molecule has 0 spiro atoms. The van der Waals surface area contributed by atoms with Crippen molar-refractivity contribution in [2.24, 2.45) is 11.8 Å². The van der Waals surface area contributed by atoms with Crippen LogP contribution in [0, 0.1) is 18.8 Å². The molecular formula is C13H17NO5. The molecule has 19 heavy (non-hydrogen) atoms. The minimum Gasteiger partial charge on any atom is -0.481 e. The fourth-order valence-electron chi connectivity index (χ4n) is 2.04. The molecule has 0 radical (unpaired) electrons. The van der Waals surface area contributed by atoms with Gasteiger partial charge in [-0.3, -0.25) is 9.59 Å². The molecule has 1 saturated carbocycles. The standard InChI is InChI=1S/C13H17NO5/c1-7-3-4-11(19-7)10(6-18-2)14-12(15)8-5-9(8)13(16)17/h3-4,8-10H,5-6H2,1-2H3,(H,14,15)(H,16,17). The number of furan rings is 1. The van der Waals surface area contributed by atoms with Gasteiger partial charge < -0.3 is 19.6 Å². The largest absolute Gasteiger partial charge is 0.481 e. The van der Waals surface area contributed by atoms with Crippen molar-refractivity contribution in [3.05, 3.63) is 23.7 Å².